The number of halogens is 1. The molecular weight excluding hydrogens is 422 g/mol. The lowest BCUT2D eigenvalue weighted by Crippen LogP contribution is -2.47. The van der Waals surface area contributed by atoms with Crippen LogP contribution >= 0.6 is 23.4 Å². The zero-order chi connectivity index (χ0) is 21.3. The lowest BCUT2D eigenvalue weighted by molar-refractivity contribution is -0.128. The Bertz CT molecular complexity index is 1050. The summed E-state index contributed by atoms with van der Waals surface area (Å²) >= 11 is 7.13. The minimum Gasteiger partial charge on any atom is -0.347 e. The van der Waals surface area contributed by atoms with Crippen LogP contribution in [0.2, 0.25) is 5.02 Å². The van der Waals surface area contributed by atoms with Crippen LogP contribution in [0.1, 0.15) is 5.56 Å². The first-order valence-corrected chi connectivity index (χ1v) is 10.6. The average Bonchev–Trinajstić information content (AvgIpc) is 2.76. The molecule has 3 aromatic rings. The second-order valence-corrected chi connectivity index (χ2v) is 7.92. The maximum atomic E-state index is 12.2. The number of hydrazine groups is 1. The van der Waals surface area contributed by atoms with Gasteiger partial charge >= 0.3 is 0 Å². The van der Waals surface area contributed by atoms with Gasteiger partial charge in [0.25, 0.3) is 5.91 Å². The van der Waals surface area contributed by atoms with Crippen molar-refractivity contribution >= 4 is 51.9 Å². The molecule has 3 aromatic carbocycles. The first-order valence-electron chi connectivity index (χ1n) is 9.20. The van der Waals surface area contributed by atoms with Gasteiger partial charge in [-0.1, -0.05) is 54.1 Å². The normalized spacial score (nSPS) is 10.4. The Morgan fingerprint density at radius 1 is 0.800 bits per heavy atom. The lowest BCUT2D eigenvalue weighted by atomic mass is 10.0. The Morgan fingerprint density at radius 3 is 2.30 bits per heavy atom. The number of thioether (sulfide) groups is 1. The predicted octanol–water partition coefficient (Wildman–Crippen LogP) is 3.09. The fraction of sp³-hybridized carbons (Fsp3) is 0.136. The van der Waals surface area contributed by atoms with Crippen LogP contribution in [0, 0.1) is 0 Å². The third-order valence-electron chi connectivity index (χ3n) is 4.20. The van der Waals surface area contributed by atoms with Gasteiger partial charge in [0.2, 0.25) is 11.8 Å². The van der Waals surface area contributed by atoms with Gasteiger partial charge in [-0.25, -0.2) is 0 Å². The fourth-order valence-electron chi connectivity index (χ4n) is 2.76. The molecule has 0 bridgehead atoms. The highest BCUT2D eigenvalue weighted by Crippen LogP contribution is 2.20. The molecule has 3 rings (SSSR count). The van der Waals surface area contributed by atoms with Crippen LogP contribution < -0.4 is 16.2 Å². The minimum absolute atomic E-state index is 0.134. The Morgan fingerprint density at radius 2 is 1.50 bits per heavy atom. The smallest absolute Gasteiger partial charge is 0.257 e. The van der Waals surface area contributed by atoms with Crippen molar-refractivity contribution in [3.8, 4) is 0 Å². The van der Waals surface area contributed by atoms with E-state index in [4.69, 9.17) is 11.6 Å². The molecule has 154 valence electrons. The zero-order valence-corrected chi connectivity index (χ0v) is 17.6. The van der Waals surface area contributed by atoms with Gasteiger partial charge in [-0.2, -0.15) is 0 Å². The molecule has 0 radical (unpaired) electrons. The highest BCUT2D eigenvalue weighted by atomic mass is 35.5. The standard InChI is InChI=1S/C22H20ClN3O3S/c23-17-8-10-18(11-9-17)30-14-22(29)26-25-21(28)13-24-20(27)12-16-6-3-5-15-4-1-2-7-19(15)16/h1-11H,12-14H2,(H,24,27)(H,25,28)(H,26,29). The molecule has 0 saturated carbocycles. The van der Waals surface area contributed by atoms with Gasteiger partial charge in [-0.15, -0.1) is 11.8 Å². The fourth-order valence-corrected chi connectivity index (χ4v) is 3.58. The number of hydrogen-bond acceptors (Lipinski definition) is 4. The van der Waals surface area contributed by atoms with E-state index in [0.717, 1.165) is 21.2 Å². The highest BCUT2D eigenvalue weighted by molar-refractivity contribution is 8.00. The van der Waals surface area contributed by atoms with Gasteiger partial charge in [0, 0.05) is 9.92 Å². The van der Waals surface area contributed by atoms with Crippen LogP contribution in [0.25, 0.3) is 10.8 Å². The lowest BCUT2D eigenvalue weighted by Gasteiger charge is -2.09. The molecule has 0 aromatic heterocycles. The quantitative estimate of drug-likeness (QED) is 0.388. The third kappa shape index (κ3) is 6.50. The van der Waals surface area contributed by atoms with E-state index in [9.17, 15) is 14.4 Å². The van der Waals surface area contributed by atoms with E-state index in [0.29, 0.717) is 5.02 Å². The van der Waals surface area contributed by atoms with E-state index in [1.165, 1.54) is 11.8 Å². The van der Waals surface area contributed by atoms with Crippen molar-refractivity contribution in [1.82, 2.24) is 16.2 Å². The molecule has 3 amide bonds. The Labute approximate surface area is 183 Å². The molecule has 0 heterocycles. The largest absolute Gasteiger partial charge is 0.347 e. The number of benzene rings is 3. The van der Waals surface area contributed by atoms with E-state index in [2.05, 4.69) is 16.2 Å². The van der Waals surface area contributed by atoms with Gasteiger partial charge in [-0.05, 0) is 40.6 Å². The van der Waals surface area contributed by atoms with Crippen LogP contribution in [-0.2, 0) is 20.8 Å². The molecule has 3 N–H and O–H groups in total. The summed E-state index contributed by atoms with van der Waals surface area (Å²) < 4.78 is 0. The van der Waals surface area contributed by atoms with E-state index in [-0.39, 0.29) is 30.5 Å². The Balaban J connectivity index is 1.38. The average molecular weight is 442 g/mol. The van der Waals surface area contributed by atoms with Crippen molar-refractivity contribution in [3.63, 3.8) is 0 Å². The first-order chi connectivity index (χ1) is 14.5. The molecule has 0 atom stereocenters. The molecule has 0 aliphatic carbocycles. The number of rotatable bonds is 7. The summed E-state index contributed by atoms with van der Waals surface area (Å²) in [7, 11) is 0. The minimum atomic E-state index is -0.508. The summed E-state index contributed by atoms with van der Waals surface area (Å²) in [5.74, 6) is -1.00. The zero-order valence-electron chi connectivity index (χ0n) is 16.0. The van der Waals surface area contributed by atoms with Gasteiger partial charge in [0.1, 0.15) is 0 Å². The van der Waals surface area contributed by atoms with E-state index < -0.39 is 5.91 Å². The highest BCUT2D eigenvalue weighted by Gasteiger charge is 2.10. The Hall–Kier alpha value is -3.03. The van der Waals surface area contributed by atoms with Crippen molar-refractivity contribution in [1.29, 1.82) is 0 Å². The Kier molecular flexibility index (Phi) is 7.70. The predicted molar refractivity (Wildman–Crippen MR) is 119 cm³/mol. The summed E-state index contributed by atoms with van der Waals surface area (Å²) in [6.07, 6.45) is 0.165. The van der Waals surface area contributed by atoms with Gasteiger partial charge < -0.3 is 5.32 Å². The van der Waals surface area contributed by atoms with Crippen molar-refractivity contribution in [2.24, 2.45) is 0 Å². The number of hydrogen-bond donors (Lipinski definition) is 3. The SMILES string of the molecule is O=C(Cc1cccc2ccccc12)NCC(=O)NNC(=O)CSc1ccc(Cl)cc1. The van der Waals surface area contributed by atoms with E-state index in [1.807, 2.05) is 54.6 Å². The van der Waals surface area contributed by atoms with Crippen molar-refractivity contribution in [2.75, 3.05) is 12.3 Å². The first kappa shape index (κ1) is 21.7. The number of fused-ring (bicyclic) bond motifs is 1. The second kappa shape index (κ2) is 10.7. The molecule has 0 fully saturated rings. The van der Waals surface area contributed by atoms with E-state index >= 15 is 0 Å². The molecule has 0 saturated heterocycles. The second-order valence-electron chi connectivity index (χ2n) is 6.43. The number of nitrogens with one attached hydrogen (secondary N) is 3. The van der Waals surface area contributed by atoms with Crippen molar-refractivity contribution < 1.29 is 14.4 Å². The molecule has 0 spiro atoms. The third-order valence-corrected chi connectivity index (χ3v) is 5.47. The van der Waals surface area contributed by atoms with Gasteiger partial charge in [-0.3, -0.25) is 25.2 Å². The number of carbonyl (C=O) groups excluding carboxylic acids is 3. The van der Waals surface area contributed by atoms with Gasteiger partial charge in [0.15, 0.2) is 0 Å². The van der Waals surface area contributed by atoms with Crippen LogP contribution in [-0.4, -0.2) is 30.0 Å². The molecule has 8 heteroatoms. The molecule has 6 nitrogen and oxygen atoms in total. The van der Waals surface area contributed by atoms with Crippen LogP contribution in [0.5, 0.6) is 0 Å². The maximum Gasteiger partial charge on any atom is 0.257 e. The monoisotopic (exact) mass is 441 g/mol. The van der Waals surface area contributed by atoms with Crippen LogP contribution in [0.3, 0.4) is 0 Å². The molecule has 0 aliphatic rings. The molecular formula is C22H20ClN3O3S. The van der Waals surface area contributed by atoms with Gasteiger partial charge in [0.05, 0.1) is 18.7 Å². The number of carbonyl (C=O) groups is 3. The number of amides is 3. The summed E-state index contributed by atoms with van der Waals surface area (Å²) in [4.78, 5) is 36.8. The van der Waals surface area contributed by atoms with Crippen molar-refractivity contribution in [3.05, 3.63) is 77.3 Å². The summed E-state index contributed by atoms with van der Waals surface area (Å²) in [6, 6.07) is 20.7. The van der Waals surface area contributed by atoms with E-state index in [1.54, 1.807) is 12.1 Å². The van der Waals surface area contributed by atoms with Crippen LogP contribution in [0.15, 0.2) is 71.6 Å². The molecule has 0 aliphatic heterocycles. The van der Waals surface area contributed by atoms with Crippen molar-refractivity contribution in [2.45, 2.75) is 11.3 Å². The maximum absolute atomic E-state index is 12.2. The summed E-state index contributed by atoms with van der Waals surface area (Å²) in [5.41, 5.74) is 5.50. The molecule has 0 unspecified atom stereocenters. The molecule has 30 heavy (non-hydrogen) atoms. The topological polar surface area (TPSA) is 87.3 Å². The van der Waals surface area contributed by atoms with Crippen LogP contribution in [0.4, 0.5) is 0 Å². The summed E-state index contributed by atoms with van der Waals surface area (Å²) in [5, 5.41) is 5.25. The summed E-state index contributed by atoms with van der Waals surface area (Å²) in [6.45, 7) is -0.228.